The average molecular weight is 409 g/mol. The summed E-state index contributed by atoms with van der Waals surface area (Å²) >= 11 is 1.01. The molecule has 0 bridgehead atoms. The molecule has 2 saturated heterocycles. The number of benzene rings is 1. The van der Waals surface area contributed by atoms with E-state index in [2.05, 4.69) is 15.7 Å². The maximum Gasteiger partial charge on any atom is 0.245 e. The second kappa shape index (κ2) is 7.44. The minimum Gasteiger partial charge on any atom is -0.340 e. The van der Waals surface area contributed by atoms with Crippen LogP contribution in [0.4, 0.5) is 0 Å². The lowest BCUT2D eigenvalue weighted by Crippen LogP contribution is -2.50. The minimum absolute atomic E-state index is 0.107. The van der Waals surface area contributed by atoms with E-state index in [0.29, 0.717) is 24.0 Å². The summed E-state index contributed by atoms with van der Waals surface area (Å²) in [6, 6.07) is 5.28. The van der Waals surface area contributed by atoms with E-state index in [1.165, 1.54) is 4.31 Å². The van der Waals surface area contributed by atoms with Crippen molar-refractivity contribution in [3.05, 3.63) is 18.2 Å². The molecule has 1 aromatic heterocycles. The van der Waals surface area contributed by atoms with Crippen molar-refractivity contribution >= 4 is 38.7 Å². The van der Waals surface area contributed by atoms with Crippen LogP contribution in [0.25, 0.3) is 11.0 Å². The molecule has 0 spiro atoms. The van der Waals surface area contributed by atoms with Gasteiger partial charge >= 0.3 is 0 Å². The van der Waals surface area contributed by atoms with Gasteiger partial charge in [-0.05, 0) is 51.2 Å². The maximum atomic E-state index is 13.2. The molecule has 0 radical (unpaired) electrons. The van der Waals surface area contributed by atoms with Crippen molar-refractivity contribution in [1.29, 1.82) is 0 Å². The predicted octanol–water partition coefficient (Wildman–Crippen LogP) is 2.49. The normalized spacial score (nSPS) is 25.0. The van der Waals surface area contributed by atoms with Crippen LogP contribution in [0.5, 0.6) is 0 Å². The largest absolute Gasteiger partial charge is 0.340 e. The van der Waals surface area contributed by atoms with Crippen molar-refractivity contribution in [2.45, 2.75) is 50.0 Å². The smallest absolute Gasteiger partial charge is 0.245 e. The van der Waals surface area contributed by atoms with E-state index in [0.717, 1.165) is 44.0 Å². The van der Waals surface area contributed by atoms with E-state index in [4.69, 9.17) is 0 Å². The number of rotatable bonds is 3. The topological polar surface area (TPSA) is 83.5 Å². The summed E-state index contributed by atoms with van der Waals surface area (Å²) < 4.78 is 36.3. The van der Waals surface area contributed by atoms with Gasteiger partial charge in [0.25, 0.3) is 0 Å². The van der Waals surface area contributed by atoms with Crippen LogP contribution in [-0.4, -0.2) is 58.0 Å². The Hall–Kier alpha value is -1.58. The lowest BCUT2D eigenvalue weighted by Gasteiger charge is -2.38. The summed E-state index contributed by atoms with van der Waals surface area (Å²) in [6.45, 7) is 3.56. The molecule has 0 aliphatic carbocycles. The van der Waals surface area contributed by atoms with Crippen LogP contribution in [0, 0.1) is 5.92 Å². The van der Waals surface area contributed by atoms with Gasteiger partial charge in [0.1, 0.15) is 15.9 Å². The van der Waals surface area contributed by atoms with Crippen LogP contribution in [0.2, 0.25) is 0 Å². The van der Waals surface area contributed by atoms with Gasteiger partial charge in [0.2, 0.25) is 15.9 Å². The Bertz CT molecular complexity index is 943. The molecular formula is C18H24N4O3S2. The molecule has 2 aliphatic heterocycles. The Kier molecular flexibility index (Phi) is 5.17. The zero-order valence-corrected chi connectivity index (χ0v) is 17.0. The molecule has 7 nitrogen and oxygen atoms in total. The second-order valence-electron chi connectivity index (χ2n) is 7.47. The Morgan fingerprint density at radius 2 is 2.00 bits per heavy atom. The Morgan fingerprint density at radius 3 is 2.81 bits per heavy atom. The number of piperidine rings is 2. The molecule has 2 atom stereocenters. The molecule has 0 unspecified atom stereocenters. The van der Waals surface area contributed by atoms with E-state index in [9.17, 15) is 13.2 Å². The molecule has 4 rings (SSSR count). The quantitative estimate of drug-likeness (QED) is 0.779. The van der Waals surface area contributed by atoms with Gasteiger partial charge in [-0.15, -0.1) is 0 Å². The van der Waals surface area contributed by atoms with Gasteiger partial charge in [-0.2, -0.15) is 13.1 Å². The Morgan fingerprint density at radius 1 is 1.15 bits per heavy atom. The SMILES string of the molecule is C[C@H]1CCCCN1C(=O)[C@@H]1CCCN(S(=O)(=O)c2cccc3nsnc23)C1. The number of nitrogens with zero attached hydrogens (tertiary/aromatic N) is 4. The molecule has 1 amide bonds. The molecule has 0 saturated carbocycles. The highest BCUT2D eigenvalue weighted by Gasteiger charge is 2.37. The molecule has 1 aromatic carbocycles. The molecule has 9 heteroatoms. The highest BCUT2D eigenvalue weighted by molar-refractivity contribution is 7.89. The van der Waals surface area contributed by atoms with Gasteiger partial charge in [-0.1, -0.05) is 6.07 Å². The van der Waals surface area contributed by atoms with Crippen molar-refractivity contribution < 1.29 is 13.2 Å². The molecule has 27 heavy (non-hydrogen) atoms. The number of amides is 1. The first-order chi connectivity index (χ1) is 13.0. The first-order valence-corrected chi connectivity index (χ1v) is 11.7. The van der Waals surface area contributed by atoms with Crippen LogP contribution < -0.4 is 0 Å². The minimum atomic E-state index is -3.70. The highest BCUT2D eigenvalue weighted by atomic mass is 32.2. The summed E-state index contributed by atoms with van der Waals surface area (Å²) in [6.07, 6.45) is 4.66. The third kappa shape index (κ3) is 3.48. The second-order valence-corrected chi connectivity index (χ2v) is 9.90. The monoisotopic (exact) mass is 408 g/mol. The van der Waals surface area contributed by atoms with Crippen LogP contribution in [0.15, 0.2) is 23.1 Å². The fraction of sp³-hybridized carbons (Fsp3) is 0.611. The van der Waals surface area contributed by atoms with E-state index >= 15 is 0 Å². The van der Waals surface area contributed by atoms with Crippen molar-refractivity contribution in [3.63, 3.8) is 0 Å². The van der Waals surface area contributed by atoms with Crippen LogP contribution in [-0.2, 0) is 14.8 Å². The third-order valence-corrected chi connectivity index (χ3v) is 8.13. The molecule has 2 aromatic rings. The van der Waals surface area contributed by atoms with Gasteiger partial charge in [-0.25, -0.2) is 8.42 Å². The van der Waals surface area contributed by atoms with E-state index in [-0.39, 0.29) is 29.3 Å². The lowest BCUT2D eigenvalue weighted by atomic mass is 9.95. The van der Waals surface area contributed by atoms with Crippen molar-refractivity contribution in [2.24, 2.45) is 5.92 Å². The Balaban J connectivity index is 1.57. The fourth-order valence-corrected chi connectivity index (χ4v) is 6.43. The maximum absolute atomic E-state index is 13.2. The van der Waals surface area contributed by atoms with Gasteiger partial charge in [0, 0.05) is 25.7 Å². The van der Waals surface area contributed by atoms with E-state index in [1.807, 2.05) is 4.90 Å². The van der Waals surface area contributed by atoms with Crippen molar-refractivity contribution in [1.82, 2.24) is 18.0 Å². The van der Waals surface area contributed by atoms with Crippen molar-refractivity contribution in [3.8, 4) is 0 Å². The first kappa shape index (κ1) is 18.8. The number of aromatic nitrogens is 2. The van der Waals surface area contributed by atoms with Gasteiger partial charge in [0.05, 0.1) is 17.6 Å². The van der Waals surface area contributed by atoms with E-state index in [1.54, 1.807) is 18.2 Å². The molecule has 146 valence electrons. The number of sulfonamides is 1. The number of fused-ring (bicyclic) bond motifs is 1. The molecule has 0 N–H and O–H groups in total. The summed E-state index contributed by atoms with van der Waals surface area (Å²) in [5, 5.41) is 0. The predicted molar refractivity (Wildman–Crippen MR) is 104 cm³/mol. The first-order valence-electron chi connectivity index (χ1n) is 9.50. The Labute approximate surface area is 163 Å². The fourth-order valence-electron chi connectivity index (χ4n) is 4.15. The summed E-state index contributed by atoms with van der Waals surface area (Å²) in [4.78, 5) is 15.2. The van der Waals surface area contributed by atoms with Crippen LogP contribution in [0.1, 0.15) is 39.0 Å². The standard InChI is InChI=1S/C18H24N4O3S2/c1-13-6-2-3-11-22(13)18(23)14-7-5-10-21(12-14)27(24,25)16-9-4-8-15-17(16)20-26-19-15/h4,8-9,13-14H,2-3,5-7,10-12H2,1H3/t13-,14+/m0/s1. The van der Waals surface area contributed by atoms with Gasteiger partial charge < -0.3 is 4.90 Å². The lowest BCUT2D eigenvalue weighted by molar-refractivity contribution is -0.140. The zero-order valence-electron chi connectivity index (χ0n) is 15.4. The van der Waals surface area contributed by atoms with Gasteiger partial charge in [0.15, 0.2) is 0 Å². The summed E-state index contributed by atoms with van der Waals surface area (Å²) in [5.74, 6) is -0.155. The number of carbonyl (C=O) groups excluding carboxylic acids is 1. The number of carbonyl (C=O) groups is 1. The summed E-state index contributed by atoms with van der Waals surface area (Å²) in [5.41, 5.74) is 1.01. The number of likely N-dealkylation sites (tertiary alicyclic amines) is 1. The third-order valence-electron chi connectivity index (χ3n) is 5.69. The van der Waals surface area contributed by atoms with Gasteiger partial charge in [-0.3, -0.25) is 4.79 Å². The highest BCUT2D eigenvalue weighted by Crippen LogP contribution is 2.30. The molecule has 2 fully saturated rings. The molecule has 2 aliphatic rings. The van der Waals surface area contributed by atoms with E-state index < -0.39 is 10.0 Å². The molecular weight excluding hydrogens is 384 g/mol. The zero-order chi connectivity index (χ0) is 19.0. The molecule has 3 heterocycles. The number of hydrogen-bond donors (Lipinski definition) is 0. The van der Waals surface area contributed by atoms with Crippen LogP contribution in [0.3, 0.4) is 0 Å². The van der Waals surface area contributed by atoms with Crippen LogP contribution >= 0.6 is 11.7 Å². The van der Waals surface area contributed by atoms with Crippen molar-refractivity contribution in [2.75, 3.05) is 19.6 Å². The number of hydrogen-bond acceptors (Lipinski definition) is 6. The average Bonchev–Trinajstić information content (AvgIpc) is 3.16. The summed E-state index contributed by atoms with van der Waals surface area (Å²) in [7, 11) is -3.70.